The number of aromatic nitrogens is 2. The van der Waals surface area contributed by atoms with Crippen LogP contribution < -0.4 is 5.32 Å². The number of nitro groups is 1. The van der Waals surface area contributed by atoms with Gasteiger partial charge in [-0.1, -0.05) is 0 Å². The smallest absolute Gasteiger partial charge is 0.272 e. The van der Waals surface area contributed by atoms with E-state index in [0.29, 0.717) is 29.3 Å². The van der Waals surface area contributed by atoms with Gasteiger partial charge in [-0.3, -0.25) is 10.1 Å². The molecule has 0 bridgehead atoms. The number of hydrogen-bond acceptors (Lipinski definition) is 6. The van der Waals surface area contributed by atoms with Crippen LogP contribution in [0.2, 0.25) is 0 Å². The van der Waals surface area contributed by atoms with Gasteiger partial charge in [0.25, 0.3) is 5.69 Å². The predicted molar refractivity (Wildman–Crippen MR) is 68.8 cm³/mol. The molecule has 19 heavy (non-hydrogen) atoms. The van der Waals surface area contributed by atoms with Crippen LogP contribution in [0.4, 0.5) is 5.69 Å². The zero-order valence-electron chi connectivity index (χ0n) is 10.7. The Morgan fingerprint density at radius 1 is 1.42 bits per heavy atom. The van der Waals surface area contributed by atoms with Crippen molar-refractivity contribution in [2.75, 3.05) is 13.6 Å². The monoisotopic (exact) mass is 262 g/mol. The molecular formula is C12H14N4O3. The number of benzene rings is 1. The number of aryl methyl sites for hydroxylation is 1. The van der Waals surface area contributed by atoms with Gasteiger partial charge in [0.1, 0.15) is 0 Å². The fourth-order valence-corrected chi connectivity index (χ4v) is 1.70. The third kappa shape index (κ3) is 2.94. The Kier molecular flexibility index (Phi) is 3.86. The van der Waals surface area contributed by atoms with Gasteiger partial charge >= 0.3 is 0 Å². The van der Waals surface area contributed by atoms with Crippen molar-refractivity contribution >= 4 is 5.69 Å². The van der Waals surface area contributed by atoms with E-state index < -0.39 is 4.92 Å². The Hall–Kier alpha value is -2.28. The van der Waals surface area contributed by atoms with Crippen LogP contribution in [0.15, 0.2) is 22.6 Å². The summed E-state index contributed by atoms with van der Waals surface area (Å²) in [4.78, 5) is 10.3. The van der Waals surface area contributed by atoms with Crippen molar-refractivity contribution in [1.82, 2.24) is 15.5 Å². The van der Waals surface area contributed by atoms with Gasteiger partial charge in [0.2, 0.25) is 11.8 Å². The molecule has 0 saturated heterocycles. The van der Waals surface area contributed by atoms with E-state index in [2.05, 4.69) is 15.5 Å². The molecule has 0 aliphatic heterocycles. The van der Waals surface area contributed by atoms with Crippen LogP contribution >= 0.6 is 0 Å². The van der Waals surface area contributed by atoms with Gasteiger partial charge in [0.15, 0.2) is 0 Å². The van der Waals surface area contributed by atoms with E-state index in [-0.39, 0.29) is 5.69 Å². The van der Waals surface area contributed by atoms with Crippen LogP contribution in [-0.2, 0) is 6.42 Å². The zero-order valence-corrected chi connectivity index (χ0v) is 10.7. The van der Waals surface area contributed by atoms with Crippen LogP contribution in [-0.4, -0.2) is 28.7 Å². The van der Waals surface area contributed by atoms with E-state index in [1.54, 1.807) is 19.1 Å². The SMILES string of the molecule is CNCCc1nnc(-c2ccc([N+](=O)[O-])c(C)c2)o1. The second-order valence-electron chi connectivity index (χ2n) is 4.11. The quantitative estimate of drug-likeness (QED) is 0.651. The van der Waals surface area contributed by atoms with E-state index in [1.807, 2.05) is 7.05 Å². The van der Waals surface area contributed by atoms with Crippen molar-refractivity contribution < 1.29 is 9.34 Å². The molecule has 1 aromatic carbocycles. The maximum Gasteiger partial charge on any atom is 0.272 e. The summed E-state index contributed by atoms with van der Waals surface area (Å²) >= 11 is 0. The summed E-state index contributed by atoms with van der Waals surface area (Å²) in [7, 11) is 1.84. The van der Waals surface area contributed by atoms with Gasteiger partial charge in [-0.15, -0.1) is 10.2 Å². The number of hydrogen-bond donors (Lipinski definition) is 1. The van der Waals surface area contributed by atoms with Crippen LogP contribution in [0.1, 0.15) is 11.5 Å². The molecule has 0 unspecified atom stereocenters. The molecule has 0 aliphatic carbocycles. The third-order valence-electron chi connectivity index (χ3n) is 2.70. The first-order valence-corrected chi connectivity index (χ1v) is 5.84. The average molecular weight is 262 g/mol. The number of nitrogens with zero attached hydrogens (tertiary/aromatic N) is 3. The van der Waals surface area contributed by atoms with Crippen molar-refractivity contribution in [2.24, 2.45) is 0 Å². The summed E-state index contributed by atoms with van der Waals surface area (Å²) in [5.41, 5.74) is 1.34. The molecule has 2 rings (SSSR count). The van der Waals surface area contributed by atoms with E-state index in [4.69, 9.17) is 4.42 Å². The van der Waals surface area contributed by atoms with E-state index in [9.17, 15) is 10.1 Å². The average Bonchev–Trinajstić information content (AvgIpc) is 2.84. The van der Waals surface area contributed by atoms with Gasteiger partial charge in [0.05, 0.1) is 4.92 Å². The fourth-order valence-electron chi connectivity index (χ4n) is 1.70. The molecule has 0 spiro atoms. The van der Waals surface area contributed by atoms with Gasteiger partial charge in [-0.25, -0.2) is 0 Å². The van der Waals surface area contributed by atoms with E-state index in [0.717, 1.165) is 6.54 Å². The highest BCUT2D eigenvalue weighted by Gasteiger charge is 2.14. The van der Waals surface area contributed by atoms with Crippen molar-refractivity contribution in [3.8, 4) is 11.5 Å². The third-order valence-corrected chi connectivity index (χ3v) is 2.70. The second-order valence-corrected chi connectivity index (χ2v) is 4.11. The molecule has 1 heterocycles. The normalized spacial score (nSPS) is 10.6. The van der Waals surface area contributed by atoms with Crippen molar-refractivity contribution in [2.45, 2.75) is 13.3 Å². The standard InChI is InChI=1S/C12H14N4O3/c1-8-7-9(3-4-10(8)16(17)18)12-15-14-11(19-12)5-6-13-2/h3-4,7,13H,5-6H2,1-2H3. The molecule has 0 aliphatic rings. The summed E-state index contributed by atoms with van der Waals surface area (Å²) < 4.78 is 5.50. The second kappa shape index (κ2) is 5.57. The van der Waals surface area contributed by atoms with E-state index in [1.165, 1.54) is 6.07 Å². The maximum atomic E-state index is 10.7. The lowest BCUT2D eigenvalue weighted by molar-refractivity contribution is -0.385. The van der Waals surface area contributed by atoms with Crippen LogP contribution in [0.3, 0.4) is 0 Å². The first-order chi connectivity index (χ1) is 9.11. The molecule has 0 amide bonds. The summed E-state index contributed by atoms with van der Waals surface area (Å²) in [5.74, 6) is 0.921. The Bertz CT molecular complexity index is 594. The molecule has 7 nitrogen and oxygen atoms in total. The van der Waals surface area contributed by atoms with Gasteiger partial charge in [-0.2, -0.15) is 0 Å². The summed E-state index contributed by atoms with van der Waals surface area (Å²) in [5, 5.41) is 21.6. The highest BCUT2D eigenvalue weighted by Crippen LogP contribution is 2.25. The Labute approximate surface area is 109 Å². The van der Waals surface area contributed by atoms with Crippen LogP contribution in [0.5, 0.6) is 0 Å². The summed E-state index contributed by atoms with van der Waals surface area (Å²) in [6, 6.07) is 4.73. The molecule has 1 aromatic heterocycles. The lowest BCUT2D eigenvalue weighted by Gasteiger charge is -1.99. The topological polar surface area (TPSA) is 94.1 Å². The molecular weight excluding hydrogens is 248 g/mol. The minimum atomic E-state index is -0.411. The number of nitro benzene ring substituents is 1. The lowest BCUT2D eigenvalue weighted by Crippen LogP contribution is -2.10. The minimum absolute atomic E-state index is 0.0821. The highest BCUT2D eigenvalue weighted by molar-refractivity contribution is 5.58. The number of nitrogens with one attached hydrogen (secondary N) is 1. The van der Waals surface area contributed by atoms with Crippen LogP contribution in [0, 0.1) is 17.0 Å². The first-order valence-electron chi connectivity index (χ1n) is 5.84. The molecule has 0 saturated carbocycles. The lowest BCUT2D eigenvalue weighted by atomic mass is 10.1. The fraction of sp³-hybridized carbons (Fsp3) is 0.333. The molecule has 1 N–H and O–H groups in total. The van der Waals surface area contributed by atoms with E-state index >= 15 is 0 Å². The van der Waals surface area contributed by atoms with Gasteiger partial charge < -0.3 is 9.73 Å². The van der Waals surface area contributed by atoms with Crippen LogP contribution in [0.25, 0.3) is 11.5 Å². The Balaban J connectivity index is 2.24. The number of likely N-dealkylation sites (N-methyl/N-ethyl adjacent to an activating group) is 1. The minimum Gasteiger partial charge on any atom is -0.421 e. The van der Waals surface area contributed by atoms with Gasteiger partial charge in [0, 0.05) is 30.2 Å². The molecule has 0 radical (unpaired) electrons. The zero-order chi connectivity index (χ0) is 13.8. The maximum absolute atomic E-state index is 10.7. The summed E-state index contributed by atoms with van der Waals surface area (Å²) in [6.45, 7) is 2.43. The molecule has 0 atom stereocenters. The largest absolute Gasteiger partial charge is 0.421 e. The van der Waals surface area contributed by atoms with Crippen molar-refractivity contribution in [3.05, 3.63) is 39.8 Å². The Morgan fingerprint density at radius 2 is 2.21 bits per heavy atom. The first kappa shape index (κ1) is 13.2. The molecule has 100 valence electrons. The molecule has 7 heteroatoms. The highest BCUT2D eigenvalue weighted by atomic mass is 16.6. The number of rotatable bonds is 5. The van der Waals surface area contributed by atoms with Crippen molar-refractivity contribution in [1.29, 1.82) is 0 Å². The summed E-state index contributed by atoms with van der Waals surface area (Å²) in [6.07, 6.45) is 0.648. The predicted octanol–water partition coefficient (Wildman–Crippen LogP) is 1.72. The molecule has 2 aromatic rings. The molecule has 0 fully saturated rings. The van der Waals surface area contributed by atoms with Gasteiger partial charge in [-0.05, 0) is 26.1 Å². The Morgan fingerprint density at radius 3 is 2.84 bits per heavy atom. The van der Waals surface area contributed by atoms with Crippen molar-refractivity contribution in [3.63, 3.8) is 0 Å².